The van der Waals surface area contributed by atoms with E-state index in [1.807, 2.05) is 62.6 Å². The van der Waals surface area contributed by atoms with E-state index in [1.165, 1.54) is 11.8 Å². The Kier molecular flexibility index (Phi) is 5.24. The number of benzene rings is 1. The van der Waals surface area contributed by atoms with Crippen LogP contribution >= 0.6 is 11.8 Å². The first-order chi connectivity index (χ1) is 10.4. The number of rotatable bonds is 5. The molecule has 0 radical (unpaired) electrons. The second-order valence-electron chi connectivity index (χ2n) is 5.79. The van der Waals surface area contributed by atoms with Crippen molar-refractivity contribution in [3.63, 3.8) is 0 Å². The minimum absolute atomic E-state index is 0.226. The van der Waals surface area contributed by atoms with Crippen molar-refractivity contribution in [3.05, 3.63) is 30.3 Å². The second kappa shape index (κ2) is 6.96. The number of hydrogen-bond donors (Lipinski definition) is 0. The Morgan fingerprint density at radius 3 is 2.50 bits per heavy atom. The van der Waals surface area contributed by atoms with Crippen molar-refractivity contribution in [3.8, 4) is 11.4 Å². The lowest BCUT2D eigenvalue weighted by Gasteiger charge is -2.19. The average Bonchev–Trinajstić information content (AvgIpc) is 2.87. The van der Waals surface area contributed by atoms with Crippen molar-refractivity contribution in [1.82, 2.24) is 14.8 Å². The zero-order valence-electron chi connectivity index (χ0n) is 13.4. The third-order valence-corrected chi connectivity index (χ3v) is 3.74. The van der Waals surface area contributed by atoms with Crippen molar-refractivity contribution in [2.75, 3.05) is 5.75 Å². The van der Waals surface area contributed by atoms with Crippen molar-refractivity contribution >= 4 is 17.7 Å². The van der Waals surface area contributed by atoms with Gasteiger partial charge in [0.05, 0.1) is 5.75 Å². The largest absolute Gasteiger partial charge is 0.459 e. The standard InChI is InChI=1S/C16H21N3O2S/c1-5-19-14(12-9-7-6-8-10-12)17-18-15(19)22-11-13(20)21-16(2,3)4/h6-10H,5,11H2,1-4H3. The Morgan fingerprint density at radius 1 is 1.23 bits per heavy atom. The van der Waals surface area contributed by atoms with Gasteiger partial charge in [-0.05, 0) is 27.7 Å². The van der Waals surface area contributed by atoms with Gasteiger partial charge < -0.3 is 9.30 Å². The first kappa shape index (κ1) is 16.5. The highest BCUT2D eigenvalue weighted by atomic mass is 32.2. The number of esters is 1. The van der Waals surface area contributed by atoms with E-state index in [1.54, 1.807) is 0 Å². The molecule has 5 nitrogen and oxygen atoms in total. The molecular weight excluding hydrogens is 298 g/mol. The van der Waals surface area contributed by atoms with Crippen LogP contribution in [0.25, 0.3) is 11.4 Å². The van der Waals surface area contributed by atoms with Crippen LogP contribution in [0.15, 0.2) is 35.5 Å². The highest BCUT2D eigenvalue weighted by molar-refractivity contribution is 7.99. The first-order valence-corrected chi connectivity index (χ1v) is 8.22. The molecule has 0 amide bonds. The molecule has 0 spiro atoms. The van der Waals surface area contributed by atoms with Crippen LogP contribution in [0.5, 0.6) is 0 Å². The highest BCUT2D eigenvalue weighted by Crippen LogP contribution is 2.24. The van der Waals surface area contributed by atoms with Crippen LogP contribution < -0.4 is 0 Å². The summed E-state index contributed by atoms with van der Waals surface area (Å²) in [6, 6.07) is 9.90. The van der Waals surface area contributed by atoms with Crippen LogP contribution in [-0.4, -0.2) is 32.1 Å². The summed E-state index contributed by atoms with van der Waals surface area (Å²) < 4.78 is 7.31. The summed E-state index contributed by atoms with van der Waals surface area (Å²) in [7, 11) is 0. The minimum Gasteiger partial charge on any atom is -0.459 e. The van der Waals surface area contributed by atoms with E-state index in [4.69, 9.17) is 4.74 Å². The predicted molar refractivity (Wildman–Crippen MR) is 87.7 cm³/mol. The molecule has 0 fully saturated rings. The summed E-state index contributed by atoms with van der Waals surface area (Å²) in [5, 5.41) is 9.18. The molecule has 0 aliphatic heterocycles. The summed E-state index contributed by atoms with van der Waals surface area (Å²) in [5.74, 6) is 0.795. The van der Waals surface area contributed by atoms with Gasteiger partial charge in [0.1, 0.15) is 5.60 Å². The van der Waals surface area contributed by atoms with Crippen molar-refractivity contribution < 1.29 is 9.53 Å². The topological polar surface area (TPSA) is 57.0 Å². The van der Waals surface area contributed by atoms with E-state index in [2.05, 4.69) is 10.2 Å². The normalized spacial score (nSPS) is 11.5. The molecule has 1 heterocycles. The SMILES string of the molecule is CCn1c(SCC(=O)OC(C)(C)C)nnc1-c1ccccc1. The number of ether oxygens (including phenoxy) is 1. The van der Waals surface area contributed by atoms with Gasteiger partial charge in [-0.25, -0.2) is 0 Å². The van der Waals surface area contributed by atoms with Gasteiger partial charge in [0.2, 0.25) is 0 Å². The number of nitrogens with zero attached hydrogens (tertiary/aromatic N) is 3. The summed E-state index contributed by atoms with van der Waals surface area (Å²) in [6.07, 6.45) is 0. The maximum Gasteiger partial charge on any atom is 0.316 e. The van der Waals surface area contributed by atoms with Crippen LogP contribution in [-0.2, 0) is 16.1 Å². The molecule has 6 heteroatoms. The van der Waals surface area contributed by atoms with Gasteiger partial charge in [0.15, 0.2) is 11.0 Å². The molecule has 0 aliphatic carbocycles. The van der Waals surface area contributed by atoms with E-state index in [-0.39, 0.29) is 11.7 Å². The van der Waals surface area contributed by atoms with Gasteiger partial charge in [-0.15, -0.1) is 10.2 Å². The number of hydrogen-bond acceptors (Lipinski definition) is 5. The quantitative estimate of drug-likeness (QED) is 0.624. The molecule has 0 N–H and O–H groups in total. The third kappa shape index (κ3) is 4.34. The lowest BCUT2D eigenvalue weighted by atomic mass is 10.2. The molecule has 0 unspecified atom stereocenters. The van der Waals surface area contributed by atoms with Crippen LogP contribution in [0.3, 0.4) is 0 Å². The van der Waals surface area contributed by atoms with E-state index < -0.39 is 5.60 Å². The maximum absolute atomic E-state index is 11.8. The van der Waals surface area contributed by atoms with Gasteiger partial charge in [-0.3, -0.25) is 4.79 Å². The molecule has 0 saturated heterocycles. The van der Waals surface area contributed by atoms with E-state index >= 15 is 0 Å². The fourth-order valence-electron chi connectivity index (χ4n) is 1.98. The fraction of sp³-hybridized carbons (Fsp3) is 0.438. The summed E-state index contributed by atoms with van der Waals surface area (Å²) >= 11 is 1.35. The van der Waals surface area contributed by atoms with Gasteiger partial charge in [0, 0.05) is 12.1 Å². The Bertz CT molecular complexity index is 633. The monoisotopic (exact) mass is 319 g/mol. The summed E-state index contributed by atoms with van der Waals surface area (Å²) in [6.45, 7) is 8.36. The smallest absolute Gasteiger partial charge is 0.316 e. The zero-order valence-corrected chi connectivity index (χ0v) is 14.2. The molecular formula is C16H21N3O2S. The van der Waals surface area contributed by atoms with Crippen molar-refractivity contribution in [1.29, 1.82) is 0 Å². The molecule has 0 atom stereocenters. The van der Waals surface area contributed by atoms with Crippen LogP contribution in [0.2, 0.25) is 0 Å². The molecule has 0 aliphatic rings. The Balaban J connectivity index is 2.10. The molecule has 1 aromatic carbocycles. The number of thioether (sulfide) groups is 1. The zero-order chi connectivity index (χ0) is 16.2. The van der Waals surface area contributed by atoms with Crippen LogP contribution in [0.1, 0.15) is 27.7 Å². The van der Waals surface area contributed by atoms with Crippen molar-refractivity contribution in [2.24, 2.45) is 0 Å². The molecule has 22 heavy (non-hydrogen) atoms. The van der Waals surface area contributed by atoms with Crippen LogP contribution in [0.4, 0.5) is 0 Å². The van der Waals surface area contributed by atoms with Gasteiger partial charge in [0.25, 0.3) is 0 Å². The molecule has 2 rings (SSSR count). The van der Waals surface area contributed by atoms with Crippen LogP contribution in [0, 0.1) is 0 Å². The predicted octanol–water partition coefficient (Wildman–Crippen LogP) is 3.40. The van der Waals surface area contributed by atoms with Gasteiger partial charge >= 0.3 is 5.97 Å². The van der Waals surface area contributed by atoms with Crippen molar-refractivity contribution in [2.45, 2.75) is 45.0 Å². The Morgan fingerprint density at radius 2 is 1.91 bits per heavy atom. The average molecular weight is 319 g/mol. The summed E-state index contributed by atoms with van der Waals surface area (Å²) in [4.78, 5) is 11.8. The Labute approximate surface area is 135 Å². The van der Waals surface area contributed by atoms with E-state index in [9.17, 15) is 4.79 Å². The first-order valence-electron chi connectivity index (χ1n) is 7.24. The highest BCUT2D eigenvalue weighted by Gasteiger charge is 2.18. The lowest BCUT2D eigenvalue weighted by molar-refractivity contribution is -0.151. The summed E-state index contributed by atoms with van der Waals surface area (Å²) in [5.41, 5.74) is 0.548. The number of carbonyl (C=O) groups excluding carboxylic acids is 1. The maximum atomic E-state index is 11.8. The number of carbonyl (C=O) groups is 1. The molecule has 1 aromatic heterocycles. The lowest BCUT2D eigenvalue weighted by Crippen LogP contribution is -2.25. The minimum atomic E-state index is -0.467. The van der Waals surface area contributed by atoms with E-state index in [0.29, 0.717) is 0 Å². The fourth-order valence-corrected chi connectivity index (χ4v) is 2.75. The van der Waals surface area contributed by atoms with Gasteiger partial charge in [-0.1, -0.05) is 42.1 Å². The van der Waals surface area contributed by atoms with Gasteiger partial charge in [-0.2, -0.15) is 0 Å². The van der Waals surface area contributed by atoms with E-state index in [0.717, 1.165) is 23.1 Å². The third-order valence-electron chi connectivity index (χ3n) is 2.80. The number of aromatic nitrogens is 3. The molecule has 0 saturated carbocycles. The molecule has 2 aromatic rings. The molecule has 118 valence electrons. The molecule has 0 bridgehead atoms. The second-order valence-corrected chi connectivity index (χ2v) is 6.73. The Hall–Kier alpha value is -1.82.